The van der Waals surface area contributed by atoms with Gasteiger partial charge in [0.1, 0.15) is 5.75 Å². The third kappa shape index (κ3) is 6.45. The molecule has 2 rings (SSSR count). The SMILES string of the molecule is CCN1CCCC1CN=C(N)NCCc1ccccc1OC(F)(F)F. The fourth-order valence-corrected chi connectivity index (χ4v) is 3.04. The number of guanidine groups is 1. The van der Waals surface area contributed by atoms with Crippen LogP contribution in [0.1, 0.15) is 25.3 Å². The number of rotatable bonds is 7. The molecule has 1 atom stereocenters. The Morgan fingerprint density at radius 2 is 2.16 bits per heavy atom. The molecule has 3 N–H and O–H groups in total. The average molecular weight is 358 g/mol. The molecule has 0 radical (unpaired) electrons. The number of hydrogen-bond acceptors (Lipinski definition) is 3. The van der Waals surface area contributed by atoms with Gasteiger partial charge in [-0.3, -0.25) is 9.89 Å². The number of halogens is 3. The van der Waals surface area contributed by atoms with E-state index in [1.807, 2.05) is 0 Å². The molecule has 5 nitrogen and oxygen atoms in total. The zero-order valence-corrected chi connectivity index (χ0v) is 14.4. The maximum absolute atomic E-state index is 12.4. The number of nitrogens with one attached hydrogen (secondary N) is 1. The molecule has 25 heavy (non-hydrogen) atoms. The van der Waals surface area contributed by atoms with Crippen molar-refractivity contribution >= 4 is 5.96 Å². The van der Waals surface area contributed by atoms with E-state index >= 15 is 0 Å². The second-order valence-corrected chi connectivity index (χ2v) is 5.98. The van der Waals surface area contributed by atoms with Crippen molar-refractivity contribution in [2.45, 2.75) is 38.6 Å². The molecule has 140 valence electrons. The topological polar surface area (TPSA) is 62.9 Å². The second kappa shape index (κ2) is 8.94. The summed E-state index contributed by atoms with van der Waals surface area (Å²) in [6, 6.07) is 6.52. The van der Waals surface area contributed by atoms with Crippen molar-refractivity contribution in [1.29, 1.82) is 0 Å². The van der Waals surface area contributed by atoms with Crippen LogP contribution >= 0.6 is 0 Å². The molecule has 1 aliphatic heterocycles. The molecule has 0 saturated carbocycles. The first-order chi connectivity index (χ1) is 11.9. The summed E-state index contributed by atoms with van der Waals surface area (Å²) in [6.07, 6.45) is -2.05. The maximum atomic E-state index is 12.4. The lowest BCUT2D eigenvalue weighted by Crippen LogP contribution is -2.36. The summed E-state index contributed by atoms with van der Waals surface area (Å²) in [5.41, 5.74) is 6.32. The minimum atomic E-state index is -4.70. The van der Waals surface area contributed by atoms with Crippen LogP contribution in [0.4, 0.5) is 13.2 Å². The van der Waals surface area contributed by atoms with Gasteiger partial charge >= 0.3 is 6.36 Å². The fraction of sp³-hybridized carbons (Fsp3) is 0.588. The first-order valence-electron chi connectivity index (χ1n) is 8.50. The highest BCUT2D eigenvalue weighted by Gasteiger charge is 2.31. The van der Waals surface area contributed by atoms with E-state index in [-0.39, 0.29) is 5.75 Å². The van der Waals surface area contributed by atoms with Gasteiger partial charge in [-0.15, -0.1) is 13.2 Å². The zero-order chi connectivity index (χ0) is 18.3. The van der Waals surface area contributed by atoms with Crippen LogP contribution in [0, 0.1) is 0 Å². The normalized spacial score (nSPS) is 19.2. The lowest BCUT2D eigenvalue weighted by atomic mass is 10.1. The number of hydrogen-bond donors (Lipinski definition) is 2. The Hall–Kier alpha value is -1.96. The number of nitrogens with two attached hydrogens (primary N) is 1. The van der Waals surface area contributed by atoms with Crippen molar-refractivity contribution < 1.29 is 17.9 Å². The number of nitrogens with zero attached hydrogens (tertiary/aromatic N) is 2. The standard InChI is InChI=1S/C17H25F3N4O/c1-2-24-11-5-7-14(24)12-23-16(21)22-10-9-13-6-3-4-8-15(13)25-17(18,19)20/h3-4,6,8,14H,2,5,7,9-12H2,1H3,(H3,21,22,23). The lowest BCUT2D eigenvalue weighted by molar-refractivity contribution is -0.274. The number of alkyl halides is 3. The summed E-state index contributed by atoms with van der Waals surface area (Å²) in [7, 11) is 0. The van der Waals surface area contributed by atoms with Gasteiger partial charge in [0.2, 0.25) is 0 Å². The summed E-state index contributed by atoms with van der Waals surface area (Å²) >= 11 is 0. The molecule has 0 amide bonds. The van der Waals surface area contributed by atoms with Gasteiger partial charge in [-0.25, -0.2) is 0 Å². The largest absolute Gasteiger partial charge is 0.573 e. The highest BCUT2D eigenvalue weighted by atomic mass is 19.4. The minimum Gasteiger partial charge on any atom is -0.406 e. The highest BCUT2D eigenvalue weighted by molar-refractivity contribution is 5.77. The molecule has 1 unspecified atom stereocenters. The van der Waals surface area contributed by atoms with Crippen molar-refractivity contribution in [3.63, 3.8) is 0 Å². The van der Waals surface area contributed by atoms with Crippen LogP contribution in [0.3, 0.4) is 0 Å². The van der Waals surface area contributed by atoms with Gasteiger partial charge in [-0.1, -0.05) is 25.1 Å². The molecule has 1 heterocycles. The Morgan fingerprint density at radius 3 is 2.88 bits per heavy atom. The van der Waals surface area contributed by atoms with E-state index in [0.717, 1.165) is 19.5 Å². The lowest BCUT2D eigenvalue weighted by Gasteiger charge is -2.21. The molecule has 8 heteroatoms. The Kier molecular flexibility index (Phi) is 6.92. The van der Waals surface area contributed by atoms with Gasteiger partial charge in [-0.05, 0) is 44.0 Å². The van der Waals surface area contributed by atoms with Crippen molar-refractivity contribution in [3.05, 3.63) is 29.8 Å². The van der Waals surface area contributed by atoms with Crippen LogP contribution in [0.25, 0.3) is 0 Å². The Balaban J connectivity index is 1.81. The number of para-hydroxylation sites is 1. The molecule has 1 fully saturated rings. The number of ether oxygens (including phenoxy) is 1. The van der Waals surface area contributed by atoms with Crippen molar-refractivity contribution in [2.75, 3.05) is 26.2 Å². The van der Waals surface area contributed by atoms with Crippen molar-refractivity contribution in [3.8, 4) is 5.75 Å². The molecule has 0 aliphatic carbocycles. The van der Waals surface area contributed by atoms with E-state index in [0.29, 0.717) is 37.1 Å². The Labute approximate surface area is 146 Å². The van der Waals surface area contributed by atoms with Crippen LogP contribution < -0.4 is 15.8 Å². The summed E-state index contributed by atoms with van der Waals surface area (Å²) in [6.45, 7) is 5.25. The van der Waals surface area contributed by atoms with Gasteiger partial charge in [-0.2, -0.15) is 0 Å². The number of benzene rings is 1. The molecule has 1 saturated heterocycles. The van der Waals surface area contributed by atoms with Crippen LogP contribution in [-0.2, 0) is 6.42 Å². The van der Waals surface area contributed by atoms with Crippen molar-refractivity contribution in [2.24, 2.45) is 10.7 Å². The van der Waals surface area contributed by atoms with Gasteiger partial charge in [0.25, 0.3) is 0 Å². The first-order valence-corrected chi connectivity index (χ1v) is 8.50. The Bertz CT molecular complexity index is 577. The third-order valence-corrected chi connectivity index (χ3v) is 4.28. The van der Waals surface area contributed by atoms with E-state index in [2.05, 4.69) is 26.9 Å². The Morgan fingerprint density at radius 1 is 1.40 bits per heavy atom. The average Bonchev–Trinajstić information content (AvgIpc) is 3.00. The molecule has 0 spiro atoms. The summed E-state index contributed by atoms with van der Waals surface area (Å²) < 4.78 is 41.2. The predicted octanol–water partition coefficient (Wildman–Crippen LogP) is 2.52. The number of likely N-dealkylation sites (tertiary alicyclic amines) is 1. The van der Waals surface area contributed by atoms with E-state index in [9.17, 15) is 13.2 Å². The van der Waals surface area contributed by atoms with Gasteiger partial charge in [0, 0.05) is 12.6 Å². The van der Waals surface area contributed by atoms with Crippen LogP contribution in [0.2, 0.25) is 0 Å². The highest BCUT2D eigenvalue weighted by Crippen LogP contribution is 2.26. The van der Waals surface area contributed by atoms with Crippen LogP contribution in [-0.4, -0.2) is 49.4 Å². The second-order valence-electron chi connectivity index (χ2n) is 5.98. The summed E-state index contributed by atoms with van der Waals surface area (Å²) in [5.74, 6) is 0.133. The van der Waals surface area contributed by atoms with Gasteiger partial charge in [0.05, 0.1) is 6.54 Å². The molecule has 1 aliphatic rings. The number of aliphatic imine (C=N–C) groups is 1. The summed E-state index contributed by atoms with van der Waals surface area (Å²) in [5, 5.41) is 2.95. The molecule has 1 aromatic rings. The monoisotopic (exact) mass is 358 g/mol. The third-order valence-electron chi connectivity index (χ3n) is 4.28. The van der Waals surface area contributed by atoms with E-state index < -0.39 is 6.36 Å². The summed E-state index contributed by atoms with van der Waals surface area (Å²) in [4.78, 5) is 6.72. The van der Waals surface area contributed by atoms with Gasteiger partial charge in [0.15, 0.2) is 5.96 Å². The number of likely N-dealkylation sites (N-methyl/N-ethyl adjacent to an activating group) is 1. The van der Waals surface area contributed by atoms with E-state index in [1.165, 1.54) is 18.6 Å². The zero-order valence-electron chi connectivity index (χ0n) is 14.4. The maximum Gasteiger partial charge on any atom is 0.573 e. The molecular weight excluding hydrogens is 333 g/mol. The van der Waals surface area contributed by atoms with Gasteiger partial charge < -0.3 is 15.8 Å². The first kappa shape index (κ1) is 19.4. The minimum absolute atomic E-state index is 0.183. The fourth-order valence-electron chi connectivity index (χ4n) is 3.04. The molecule has 0 aromatic heterocycles. The van der Waals surface area contributed by atoms with Crippen LogP contribution in [0.5, 0.6) is 5.75 Å². The van der Waals surface area contributed by atoms with E-state index in [1.54, 1.807) is 12.1 Å². The molecule has 1 aromatic carbocycles. The van der Waals surface area contributed by atoms with Crippen molar-refractivity contribution in [1.82, 2.24) is 10.2 Å². The molecule has 0 bridgehead atoms. The quantitative estimate of drug-likeness (QED) is 0.581. The van der Waals surface area contributed by atoms with E-state index in [4.69, 9.17) is 5.73 Å². The molecular formula is C17H25F3N4O. The predicted molar refractivity (Wildman–Crippen MR) is 91.6 cm³/mol. The van der Waals surface area contributed by atoms with Crippen LogP contribution in [0.15, 0.2) is 29.3 Å². The smallest absolute Gasteiger partial charge is 0.406 e.